The molecule has 2 aliphatic rings. The molecular weight excluding hydrogens is 673 g/mol. The lowest BCUT2D eigenvalue weighted by Crippen LogP contribution is -2.53. The minimum Gasteiger partial charge on any atom is -0.465 e. The Morgan fingerprint density at radius 3 is 2.54 bits per heavy atom. The number of ether oxygens (including phenoxy) is 1. The molecule has 0 spiro atoms. The van der Waals surface area contributed by atoms with Crippen molar-refractivity contribution in [1.82, 2.24) is 29.9 Å². The topological polar surface area (TPSA) is 122 Å². The number of esters is 1. The number of rotatable bonds is 12. The quantitative estimate of drug-likeness (QED) is 0.173. The highest BCUT2D eigenvalue weighted by molar-refractivity contribution is 7.10. The van der Waals surface area contributed by atoms with Crippen molar-refractivity contribution in [3.05, 3.63) is 52.1 Å². The van der Waals surface area contributed by atoms with Gasteiger partial charge >= 0.3 is 5.97 Å². The van der Waals surface area contributed by atoms with E-state index in [1.54, 1.807) is 16.3 Å². The summed E-state index contributed by atoms with van der Waals surface area (Å²) in [6, 6.07) is 8.33. The van der Waals surface area contributed by atoms with Crippen molar-refractivity contribution >= 4 is 39.8 Å². The fourth-order valence-corrected chi connectivity index (χ4v) is 8.33. The van der Waals surface area contributed by atoms with Crippen LogP contribution in [0.4, 0.5) is 5.69 Å². The lowest BCUT2D eigenvalue weighted by atomic mass is 9.84. The first-order valence-electron chi connectivity index (χ1n) is 18.8. The lowest BCUT2D eigenvalue weighted by Gasteiger charge is -2.34. The summed E-state index contributed by atoms with van der Waals surface area (Å²) in [5.41, 5.74) is 18.0. The SMILES string of the molecule is CCn1c(-c2cc(N3CCN(C)CC3)cnc2C(C)C)c(CC(C)(C)COC(C)=O)c2cc(-c3csc(CC(N)C(=O)N4CCCCN4)n3)ccc21. The van der Waals surface area contributed by atoms with E-state index < -0.39 is 6.04 Å². The zero-order valence-corrected chi connectivity index (χ0v) is 32.8. The van der Waals surface area contributed by atoms with E-state index >= 15 is 0 Å². The predicted octanol–water partition coefficient (Wildman–Crippen LogP) is 5.85. The number of aromatic nitrogens is 3. The molecule has 5 heterocycles. The molecule has 2 fully saturated rings. The number of nitrogens with two attached hydrogens (primary N) is 1. The maximum atomic E-state index is 13.0. The molecule has 1 unspecified atom stereocenters. The average Bonchev–Trinajstić information content (AvgIpc) is 3.72. The van der Waals surface area contributed by atoms with Crippen molar-refractivity contribution in [3.63, 3.8) is 0 Å². The molecule has 0 saturated carbocycles. The molecule has 1 atom stereocenters. The normalized spacial score (nSPS) is 16.6. The van der Waals surface area contributed by atoms with Crippen LogP contribution in [0.2, 0.25) is 0 Å². The first-order chi connectivity index (χ1) is 24.8. The van der Waals surface area contributed by atoms with Crippen LogP contribution >= 0.6 is 11.3 Å². The van der Waals surface area contributed by atoms with Crippen LogP contribution in [0, 0.1) is 5.41 Å². The van der Waals surface area contributed by atoms with Gasteiger partial charge in [0.25, 0.3) is 5.91 Å². The first kappa shape index (κ1) is 37.9. The van der Waals surface area contributed by atoms with Gasteiger partial charge in [0.2, 0.25) is 0 Å². The number of carbonyl (C=O) groups is 2. The molecule has 52 heavy (non-hydrogen) atoms. The molecule has 3 aromatic heterocycles. The van der Waals surface area contributed by atoms with Crippen LogP contribution < -0.4 is 16.1 Å². The number of hydrogen-bond donors (Lipinski definition) is 2. The number of anilines is 1. The van der Waals surface area contributed by atoms with E-state index in [4.69, 9.17) is 20.4 Å². The van der Waals surface area contributed by atoms with Crippen molar-refractivity contribution in [2.24, 2.45) is 11.1 Å². The standard InChI is InChI=1S/C40H56N8O3S/c1-8-47-35-12-11-28(34-24-52-36(44-34)21-33(41)39(50)48-14-10-9-13-43-48)19-30(35)32(22-40(5,6)25-51-27(4)49)38(47)31-20-29(23-42-37(31)26(2)3)46-17-15-45(7)16-18-46/h11-12,19-20,23-24,26,33,43H,8-10,13-18,21-22,25,41H2,1-7H3. The Labute approximate surface area is 312 Å². The third-order valence-electron chi connectivity index (χ3n) is 10.3. The Morgan fingerprint density at radius 1 is 1.10 bits per heavy atom. The molecule has 11 nitrogen and oxygen atoms in total. The van der Waals surface area contributed by atoms with Crippen LogP contribution in [-0.4, -0.2) is 95.3 Å². The second kappa shape index (κ2) is 16.0. The molecule has 6 rings (SSSR count). The van der Waals surface area contributed by atoms with Crippen LogP contribution in [0.1, 0.15) is 76.6 Å². The number of hydrazine groups is 1. The summed E-state index contributed by atoms with van der Waals surface area (Å²) < 4.78 is 8.03. The summed E-state index contributed by atoms with van der Waals surface area (Å²) in [5, 5.41) is 5.73. The van der Waals surface area contributed by atoms with Gasteiger partial charge in [0, 0.05) is 92.0 Å². The third-order valence-corrected chi connectivity index (χ3v) is 11.2. The first-order valence-corrected chi connectivity index (χ1v) is 19.7. The number of nitrogens with one attached hydrogen (secondary N) is 1. The molecule has 2 aliphatic heterocycles. The highest BCUT2D eigenvalue weighted by atomic mass is 32.1. The Morgan fingerprint density at radius 2 is 1.87 bits per heavy atom. The minimum atomic E-state index is -0.648. The second-order valence-electron chi connectivity index (χ2n) is 15.5. The fourth-order valence-electron chi connectivity index (χ4n) is 7.47. The Bertz CT molecular complexity index is 1880. The third kappa shape index (κ3) is 8.35. The molecule has 0 bridgehead atoms. The lowest BCUT2D eigenvalue weighted by molar-refractivity contribution is -0.144. The second-order valence-corrected chi connectivity index (χ2v) is 16.5. The average molecular weight is 729 g/mol. The number of aryl methyl sites for hydroxylation is 1. The number of thiazole rings is 1. The Kier molecular flexibility index (Phi) is 11.7. The predicted molar refractivity (Wildman–Crippen MR) is 210 cm³/mol. The maximum Gasteiger partial charge on any atom is 0.302 e. The summed E-state index contributed by atoms with van der Waals surface area (Å²) in [6.07, 6.45) is 5.18. The van der Waals surface area contributed by atoms with Gasteiger partial charge < -0.3 is 24.8 Å². The van der Waals surface area contributed by atoms with Crippen LogP contribution in [0.3, 0.4) is 0 Å². The zero-order chi connectivity index (χ0) is 37.2. The molecule has 12 heteroatoms. The smallest absolute Gasteiger partial charge is 0.302 e. The highest BCUT2D eigenvalue weighted by Crippen LogP contribution is 2.42. The van der Waals surface area contributed by atoms with E-state index in [1.165, 1.54) is 18.2 Å². The number of carbonyl (C=O) groups excluding carboxylic acids is 2. The van der Waals surface area contributed by atoms with E-state index in [0.29, 0.717) is 26.0 Å². The Hall–Kier alpha value is -3.84. The monoisotopic (exact) mass is 728 g/mol. The van der Waals surface area contributed by atoms with E-state index in [-0.39, 0.29) is 23.2 Å². The van der Waals surface area contributed by atoms with Crippen LogP contribution in [0.15, 0.2) is 35.8 Å². The van der Waals surface area contributed by atoms with E-state index in [0.717, 1.165) is 96.2 Å². The summed E-state index contributed by atoms with van der Waals surface area (Å²) in [5.74, 6) is -0.139. The number of hydrogen-bond acceptors (Lipinski definition) is 10. The molecule has 1 aromatic carbocycles. The molecular formula is C40H56N8O3S. The molecule has 1 amide bonds. The fraction of sp³-hybridized carbons (Fsp3) is 0.550. The number of benzene rings is 1. The van der Waals surface area contributed by atoms with Crippen molar-refractivity contribution in [3.8, 4) is 22.5 Å². The van der Waals surface area contributed by atoms with Crippen LogP contribution in [0.5, 0.6) is 0 Å². The van der Waals surface area contributed by atoms with Crippen molar-refractivity contribution in [2.45, 2.75) is 85.7 Å². The largest absolute Gasteiger partial charge is 0.465 e. The number of pyridine rings is 1. The van der Waals surface area contributed by atoms with Gasteiger partial charge in [-0.3, -0.25) is 19.6 Å². The van der Waals surface area contributed by atoms with Gasteiger partial charge in [-0.25, -0.2) is 10.4 Å². The summed E-state index contributed by atoms with van der Waals surface area (Å²) >= 11 is 1.54. The molecule has 2 saturated heterocycles. The van der Waals surface area contributed by atoms with Crippen molar-refractivity contribution in [2.75, 3.05) is 57.8 Å². The summed E-state index contributed by atoms with van der Waals surface area (Å²) in [7, 11) is 2.18. The van der Waals surface area contributed by atoms with E-state index in [9.17, 15) is 9.59 Å². The van der Waals surface area contributed by atoms with E-state index in [2.05, 4.69) is 91.1 Å². The van der Waals surface area contributed by atoms with Gasteiger partial charge in [-0.15, -0.1) is 11.3 Å². The van der Waals surface area contributed by atoms with Gasteiger partial charge in [-0.1, -0.05) is 33.8 Å². The van der Waals surface area contributed by atoms with Gasteiger partial charge in [0.1, 0.15) is 0 Å². The maximum absolute atomic E-state index is 13.0. The molecule has 0 radical (unpaired) electrons. The molecule has 0 aliphatic carbocycles. The zero-order valence-electron chi connectivity index (χ0n) is 32.0. The Balaban J connectivity index is 1.43. The molecule has 3 N–H and O–H groups in total. The number of amides is 1. The van der Waals surface area contributed by atoms with Crippen LogP contribution in [-0.2, 0) is 33.7 Å². The highest BCUT2D eigenvalue weighted by Gasteiger charge is 2.30. The molecule has 280 valence electrons. The van der Waals surface area contributed by atoms with Gasteiger partial charge in [-0.2, -0.15) is 0 Å². The van der Waals surface area contributed by atoms with Crippen molar-refractivity contribution in [1.29, 1.82) is 0 Å². The van der Waals surface area contributed by atoms with Gasteiger partial charge in [-0.05, 0) is 62.9 Å². The minimum absolute atomic E-state index is 0.0840. The summed E-state index contributed by atoms with van der Waals surface area (Å²) in [6.45, 7) is 19.0. The van der Waals surface area contributed by atoms with Gasteiger partial charge in [0.15, 0.2) is 0 Å². The van der Waals surface area contributed by atoms with Crippen molar-refractivity contribution < 1.29 is 14.3 Å². The number of fused-ring (bicyclic) bond motifs is 1. The number of nitrogens with zero attached hydrogens (tertiary/aromatic N) is 6. The molecule has 4 aromatic rings. The van der Waals surface area contributed by atoms with Crippen LogP contribution in [0.25, 0.3) is 33.4 Å². The number of likely N-dealkylation sites (N-methyl/N-ethyl adjacent to an activating group) is 1. The van der Waals surface area contributed by atoms with E-state index in [1.807, 2.05) is 6.20 Å². The van der Waals surface area contributed by atoms with Gasteiger partial charge in [0.05, 0.1) is 46.6 Å². The number of piperazine rings is 1. The summed E-state index contributed by atoms with van der Waals surface area (Å²) in [4.78, 5) is 39.9.